The number of nitrogens with zero attached hydrogens (tertiary/aromatic N) is 1. The lowest BCUT2D eigenvalue weighted by molar-refractivity contribution is 0.153. The van der Waals surface area contributed by atoms with Crippen LogP contribution in [-0.2, 0) is 0 Å². The molecule has 0 aromatic carbocycles. The van der Waals surface area contributed by atoms with Crippen LogP contribution < -0.4 is 5.73 Å². The molecule has 0 aromatic rings. The van der Waals surface area contributed by atoms with Crippen molar-refractivity contribution in [1.82, 2.24) is 4.90 Å². The lowest BCUT2D eigenvalue weighted by Crippen LogP contribution is -2.49. The van der Waals surface area contributed by atoms with Gasteiger partial charge in [-0.15, -0.1) is 0 Å². The van der Waals surface area contributed by atoms with Crippen molar-refractivity contribution in [2.24, 2.45) is 5.73 Å². The lowest BCUT2D eigenvalue weighted by Gasteiger charge is -2.38. The first-order valence-corrected chi connectivity index (χ1v) is 6.59. The van der Waals surface area contributed by atoms with Crippen LogP contribution in [0.2, 0.25) is 0 Å². The minimum absolute atomic E-state index is 0.445. The summed E-state index contributed by atoms with van der Waals surface area (Å²) >= 11 is 2.12. The van der Waals surface area contributed by atoms with E-state index >= 15 is 0 Å². The predicted molar refractivity (Wildman–Crippen MR) is 59.1 cm³/mol. The molecule has 2 saturated heterocycles. The smallest absolute Gasteiger partial charge is 0.0187 e. The monoisotopic (exact) mass is 200 g/mol. The Morgan fingerprint density at radius 2 is 2.15 bits per heavy atom. The Balaban J connectivity index is 1.83. The van der Waals surface area contributed by atoms with Crippen molar-refractivity contribution in [3.05, 3.63) is 0 Å². The third-order valence-corrected chi connectivity index (χ3v) is 4.34. The molecule has 0 aromatic heterocycles. The van der Waals surface area contributed by atoms with E-state index < -0.39 is 0 Å². The normalized spacial score (nSPS) is 37.6. The number of nitrogens with two attached hydrogens (primary N) is 1. The molecule has 0 amide bonds. The summed E-state index contributed by atoms with van der Waals surface area (Å²) in [5, 5.41) is 0. The molecule has 13 heavy (non-hydrogen) atoms. The Morgan fingerprint density at radius 3 is 2.85 bits per heavy atom. The highest BCUT2D eigenvalue weighted by Gasteiger charge is 2.25. The highest BCUT2D eigenvalue weighted by Crippen LogP contribution is 2.23. The van der Waals surface area contributed by atoms with E-state index in [0.717, 1.165) is 12.6 Å². The van der Waals surface area contributed by atoms with Gasteiger partial charge in [-0.05, 0) is 38.0 Å². The molecular formula is C10H20N2S. The Hall–Kier alpha value is 0.270. The van der Waals surface area contributed by atoms with Gasteiger partial charge < -0.3 is 5.73 Å². The van der Waals surface area contributed by atoms with Gasteiger partial charge in [0, 0.05) is 24.4 Å². The van der Waals surface area contributed by atoms with Gasteiger partial charge in [0.2, 0.25) is 0 Å². The van der Waals surface area contributed by atoms with Gasteiger partial charge in [0.1, 0.15) is 0 Å². The molecule has 0 radical (unpaired) electrons. The Labute approximate surface area is 85.2 Å². The molecule has 2 atom stereocenters. The van der Waals surface area contributed by atoms with Crippen LogP contribution in [0.5, 0.6) is 0 Å². The maximum absolute atomic E-state index is 5.98. The quantitative estimate of drug-likeness (QED) is 0.692. The Bertz CT molecular complexity index is 157. The molecule has 0 bridgehead atoms. The molecule has 1 unspecified atom stereocenters. The molecule has 2 rings (SSSR count). The number of thioether (sulfide) groups is 1. The van der Waals surface area contributed by atoms with E-state index in [1.54, 1.807) is 0 Å². The van der Waals surface area contributed by atoms with Crippen molar-refractivity contribution in [3.63, 3.8) is 0 Å². The zero-order valence-electron chi connectivity index (χ0n) is 8.24. The summed E-state index contributed by atoms with van der Waals surface area (Å²) in [5.41, 5.74) is 5.98. The third-order valence-electron chi connectivity index (χ3n) is 3.14. The van der Waals surface area contributed by atoms with Gasteiger partial charge in [-0.1, -0.05) is 0 Å². The van der Waals surface area contributed by atoms with Crippen LogP contribution >= 0.6 is 11.8 Å². The summed E-state index contributed by atoms with van der Waals surface area (Å²) in [5.74, 6) is 2.71. The zero-order valence-corrected chi connectivity index (χ0v) is 9.06. The second-order valence-corrected chi connectivity index (χ2v) is 5.42. The van der Waals surface area contributed by atoms with Gasteiger partial charge in [0.15, 0.2) is 0 Å². The summed E-state index contributed by atoms with van der Waals surface area (Å²) in [6, 6.07) is 1.28. The SMILES string of the molecule is N[C@@H]1CCCN(C2CCCSC2)C1. The first-order chi connectivity index (χ1) is 6.36. The van der Waals surface area contributed by atoms with Crippen LogP contribution in [0.3, 0.4) is 0 Å². The minimum Gasteiger partial charge on any atom is -0.327 e. The molecule has 0 aliphatic carbocycles. The standard InChI is InChI=1S/C10H20N2S/c11-9-3-1-5-12(7-9)10-4-2-6-13-8-10/h9-10H,1-8,11H2/t9-,10?/m1/s1. The fraction of sp³-hybridized carbons (Fsp3) is 1.00. The van der Waals surface area contributed by atoms with Crippen LogP contribution in [0.15, 0.2) is 0 Å². The number of piperidine rings is 1. The van der Waals surface area contributed by atoms with Crippen LogP contribution in [0.4, 0.5) is 0 Å². The first kappa shape index (κ1) is 9.81. The topological polar surface area (TPSA) is 29.3 Å². The number of rotatable bonds is 1. The van der Waals surface area contributed by atoms with Crippen molar-refractivity contribution < 1.29 is 0 Å². The van der Waals surface area contributed by atoms with Crippen molar-refractivity contribution in [1.29, 1.82) is 0 Å². The predicted octanol–water partition coefficient (Wildman–Crippen LogP) is 1.31. The van der Waals surface area contributed by atoms with Gasteiger partial charge in [0.25, 0.3) is 0 Å². The highest BCUT2D eigenvalue weighted by molar-refractivity contribution is 7.99. The minimum atomic E-state index is 0.445. The molecule has 2 aliphatic rings. The van der Waals surface area contributed by atoms with Gasteiger partial charge in [-0.25, -0.2) is 0 Å². The average molecular weight is 200 g/mol. The van der Waals surface area contributed by atoms with Gasteiger partial charge in [0.05, 0.1) is 0 Å². The third kappa shape index (κ3) is 2.61. The summed E-state index contributed by atoms with van der Waals surface area (Å²) in [6.45, 7) is 2.43. The van der Waals surface area contributed by atoms with E-state index in [0.29, 0.717) is 6.04 Å². The fourth-order valence-electron chi connectivity index (χ4n) is 2.38. The molecule has 3 heteroatoms. The second-order valence-electron chi connectivity index (χ2n) is 4.27. The van der Waals surface area contributed by atoms with E-state index in [1.807, 2.05) is 0 Å². The zero-order chi connectivity index (χ0) is 9.10. The van der Waals surface area contributed by atoms with E-state index in [2.05, 4.69) is 16.7 Å². The van der Waals surface area contributed by atoms with Gasteiger partial charge >= 0.3 is 0 Å². The summed E-state index contributed by atoms with van der Waals surface area (Å²) in [4.78, 5) is 2.63. The Kier molecular flexibility index (Phi) is 3.52. The van der Waals surface area contributed by atoms with Gasteiger partial charge in [-0.3, -0.25) is 4.90 Å². The number of hydrogen-bond donors (Lipinski definition) is 1. The first-order valence-electron chi connectivity index (χ1n) is 5.43. The van der Waals surface area contributed by atoms with Crippen molar-refractivity contribution >= 4 is 11.8 Å². The van der Waals surface area contributed by atoms with Crippen molar-refractivity contribution in [2.75, 3.05) is 24.6 Å². The van der Waals surface area contributed by atoms with Crippen LogP contribution in [0, 0.1) is 0 Å². The largest absolute Gasteiger partial charge is 0.327 e. The Morgan fingerprint density at radius 1 is 1.23 bits per heavy atom. The van der Waals surface area contributed by atoms with Crippen LogP contribution in [0.25, 0.3) is 0 Å². The maximum Gasteiger partial charge on any atom is 0.0187 e. The van der Waals surface area contributed by atoms with Crippen molar-refractivity contribution in [3.8, 4) is 0 Å². The molecule has 0 spiro atoms. The van der Waals surface area contributed by atoms with Crippen LogP contribution in [-0.4, -0.2) is 41.6 Å². The average Bonchev–Trinajstić information content (AvgIpc) is 2.19. The molecule has 2 heterocycles. The van der Waals surface area contributed by atoms with Gasteiger partial charge in [-0.2, -0.15) is 11.8 Å². The van der Waals surface area contributed by atoms with E-state index in [1.165, 1.54) is 43.7 Å². The molecule has 2 nitrogen and oxygen atoms in total. The maximum atomic E-state index is 5.98. The lowest BCUT2D eigenvalue weighted by atomic mass is 10.0. The molecule has 2 N–H and O–H groups in total. The molecule has 2 aliphatic heterocycles. The molecule has 76 valence electrons. The number of likely N-dealkylation sites (tertiary alicyclic amines) is 1. The van der Waals surface area contributed by atoms with E-state index in [4.69, 9.17) is 5.73 Å². The second kappa shape index (κ2) is 4.67. The van der Waals surface area contributed by atoms with Crippen molar-refractivity contribution in [2.45, 2.75) is 37.8 Å². The highest BCUT2D eigenvalue weighted by atomic mass is 32.2. The van der Waals surface area contributed by atoms with E-state index in [9.17, 15) is 0 Å². The van der Waals surface area contributed by atoms with Crippen LogP contribution in [0.1, 0.15) is 25.7 Å². The summed E-state index contributed by atoms with van der Waals surface area (Å²) < 4.78 is 0. The molecular weight excluding hydrogens is 180 g/mol. The molecule has 2 fully saturated rings. The fourth-order valence-corrected chi connectivity index (χ4v) is 3.57. The summed E-state index contributed by atoms with van der Waals surface area (Å²) in [6.07, 6.45) is 5.35. The summed E-state index contributed by atoms with van der Waals surface area (Å²) in [7, 11) is 0. The van der Waals surface area contributed by atoms with E-state index in [-0.39, 0.29) is 0 Å². The molecule has 0 saturated carbocycles. The number of hydrogen-bond acceptors (Lipinski definition) is 3.